The number of nitrogens with zero attached hydrogens (tertiary/aromatic N) is 1. The number of nitrogens with one attached hydrogen (secondary N) is 1. The van der Waals surface area contributed by atoms with Gasteiger partial charge in [-0.3, -0.25) is 0 Å². The van der Waals surface area contributed by atoms with Crippen molar-refractivity contribution in [3.8, 4) is 16.9 Å². The molecule has 1 aliphatic rings. The van der Waals surface area contributed by atoms with E-state index in [0.717, 1.165) is 16.7 Å². The second-order valence-corrected chi connectivity index (χ2v) is 13.4. The van der Waals surface area contributed by atoms with Crippen LogP contribution >= 0.6 is 0 Å². The van der Waals surface area contributed by atoms with E-state index in [4.69, 9.17) is 8.46 Å². The van der Waals surface area contributed by atoms with Crippen LogP contribution in [0.25, 0.3) is 11.1 Å². The molecule has 0 spiro atoms. The Balaban J connectivity index is 1.76. The minimum absolute atomic E-state index is 0.0218. The molecule has 1 aliphatic heterocycles. The van der Waals surface area contributed by atoms with E-state index in [-0.39, 0.29) is 22.3 Å². The molecule has 0 aromatic heterocycles. The summed E-state index contributed by atoms with van der Waals surface area (Å²) in [6.45, 7) is 6.58. The first-order valence-electron chi connectivity index (χ1n) is 11.6. The second kappa shape index (κ2) is 10.1. The number of amides is 2. The van der Waals surface area contributed by atoms with Crippen LogP contribution in [-0.2, 0) is 23.5 Å². The number of carbonyl (C=O) groups is 2. The molecule has 9 nitrogen and oxygen atoms in total. The van der Waals surface area contributed by atoms with Crippen LogP contribution in [0.4, 0.5) is 10.5 Å². The molecule has 0 fully saturated rings. The topological polar surface area (TPSA) is 125 Å². The molecule has 2 atom stereocenters. The van der Waals surface area contributed by atoms with Crippen LogP contribution in [0.15, 0.2) is 66.7 Å². The van der Waals surface area contributed by atoms with Crippen LogP contribution in [0.2, 0.25) is 0 Å². The van der Waals surface area contributed by atoms with Crippen molar-refractivity contribution in [1.29, 1.82) is 0 Å². The number of carbonyl (C=O) groups excluding carboxylic acids is 2. The summed E-state index contributed by atoms with van der Waals surface area (Å²) in [5.74, 6) is -0.716. The van der Waals surface area contributed by atoms with Gasteiger partial charge in [0.1, 0.15) is 0 Å². The fraction of sp³-hybridized carbons (Fsp3) is 0.259. The summed E-state index contributed by atoms with van der Waals surface area (Å²) in [6.07, 6.45) is -1.88. The standard InChI is InChI=1S/C27H29AsN2O7/c1-17(31)29-23-15-19(13-14-24(23)32)28(34,35)37-25-21-12-8-11-20(18-9-6-5-7-10-18)22(21)16-30(25)26(33)36-27(2,3)4/h5-15,25,32H,16H2,1-4H3,(H,29,31)(H,34,35). The van der Waals surface area contributed by atoms with Crippen molar-refractivity contribution in [2.75, 3.05) is 5.32 Å². The van der Waals surface area contributed by atoms with Gasteiger partial charge in [0.25, 0.3) is 0 Å². The van der Waals surface area contributed by atoms with Crippen molar-refractivity contribution >= 4 is 36.2 Å². The Morgan fingerprint density at radius 2 is 1.76 bits per heavy atom. The van der Waals surface area contributed by atoms with Gasteiger partial charge in [-0.25, -0.2) is 0 Å². The third kappa shape index (κ3) is 5.91. The number of phenolic OH excluding ortho intramolecular Hbond substituents is 1. The molecule has 2 amide bonds. The van der Waals surface area contributed by atoms with E-state index >= 15 is 0 Å². The number of anilines is 1. The van der Waals surface area contributed by atoms with E-state index in [0.29, 0.717) is 5.56 Å². The normalized spacial score (nSPS) is 16.6. The fourth-order valence-corrected chi connectivity index (χ4v) is 6.57. The zero-order valence-electron chi connectivity index (χ0n) is 21.0. The molecule has 1 heterocycles. The van der Waals surface area contributed by atoms with Crippen molar-refractivity contribution in [1.82, 2.24) is 4.90 Å². The first kappa shape index (κ1) is 26.5. The van der Waals surface area contributed by atoms with Crippen LogP contribution in [0, 0.1) is 0 Å². The average molecular weight is 568 g/mol. The molecule has 0 saturated carbocycles. The van der Waals surface area contributed by atoms with Crippen LogP contribution in [0.5, 0.6) is 5.75 Å². The van der Waals surface area contributed by atoms with Crippen LogP contribution in [0.1, 0.15) is 45.0 Å². The van der Waals surface area contributed by atoms with Crippen molar-refractivity contribution in [2.24, 2.45) is 0 Å². The van der Waals surface area contributed by atoms with Gasteiger partial charge < -0.3 is 0 Å². The molecule has 10 heteroatoms. The van der Waals surface area contributed by atoms with Crippen molar-refractivity contribution < 1.29 is 31.0 Å². The fourth-order valence-electron chi connectivity index (χ4n) is 4.10. The molecular weight excluding hydrogens is 539 g/mol. The zero-order valence-corrected chi connectivity index (χ0v) is 22.8. The van der Waals surface area contributed by atoms with E-state index in [1.165, 1.54) is 30.0 Å². The number of hydrogen-bond donors (Lipinski definition) is 3. The van der Waals surface area contributed by atoms with Gasteiger partial charge in [-0.05, 0) is 0 Å². The Bertz CT molecular complexity index is 1390. The number of phenols is 1. The van der Waals surface area contributed by atoms with Gasteiger partial charge in [0.05, 0.1) is 0 Å². The van der Waals surface area contributed by atoms with E-state index in [1.54, 1.807) is 32.9 Å². The molecule has 4 rings (SSSR count). The second-order valence-electron chi connectivity index (χ2n) is 9.71. The number of ether oxygens (including phenoxy) is 1. The van der Waals surface area contributed by atoms with Crippen molar-refractivity contribution in [3.63, 3.8) is 0 Å². The van der Waals surface area contributed by atoms with Gasteiger partial charge >= 0.3 is 218 Å². The molecule has 0 aliphatic carbocycles. The molecular formula is C27H29AsN2O7. The predicted molar refractivity (Wildman–Crippen MR) is 138 cm³/mol. The summed E-state index contributed by atoms with van der Waals surface area (Å²) in [7, 11) is 0. The Hall–Kier alpha value is -3.52. The van der Waals surface area contributed by atoms with Crippen LogP contribution in [-0.4, -0.2) is 45.9 Å². The Labute approximate surface area is 218 Å². The molecule has 0 bridgehead atoms. The predicted octanol–water partition coefficient (Wildman–Crippen LogP) is 4.05. The molecule has 0 saturated heterocycles. The zero-order chi connectivity index (χ0) is 27.0. The molecule has 2 unspecified atom stereocenters. The summed E-state index contributed by atoms with van der Waals surface area (Å²) in [6, 6.07) is 18.8. The van der Waals surface area contributed by atoms with E-state index in [2.05, 4.69) is 5.32 Å². The van der Waals surface area contributed by atoms with Crippen molar-refractivity contribution in [3.05, 3.63) is 77.9 Å². The molecule has 3 N–H and O–H groups in total. The number of rotatable bonds is 5. The van der Waals surface area contributed by atoms with Gasteiger partial charge in [-0.1, -0.05) is 0 Å². The third-order valence-electron chi connectivity index (χ3n) is 5.66. The molecule has 3 aromatic carbocycles. The average Bonchev–Trinajstić information content (AvgIpc) is 3.17. The van der Waals surface area contributed by atoms with Gasteiger partial charge in [-0.2, -0.15) is 0 Å². The third-order valence-corrected chi connectivity index (χ3v) is 8.63. The maximum absolute atomic E-state index is 13.6. The summed E-state index contributed by atoms with van der Waals surface area (Å²) < 4.78 is 36.0. The number of hydrogen-bond acceptors (Lipinski definition) is 6. The Morgan fingerprint density at radius 1 is 1.05 bits per heavy atom. The van der Waals surface area contributed by atoms with E-state index in [9.17, 15) is 22.5 Å². The maximum atomic E-state index is 13.6. The van der Waals surface area contributed by atoms with Gasteiger partial charge in [-0.15, -0.1) is 0 Å². The quantitative estimate of drug-likeness (QED) is 0.313. The Kier molecular flexibility index (Phi) is 7.24. The Morgan fingerprint density at radius 3 is 2.41 bits per heavy atom. The van der Waals surface area contributed by atoms with Gasteiger partial charge in [0, 0.05) is 0 Å². The number of fused-ring (bicyclic) bond motifs is 1. The van der Waals surface area contributed by atoms with Crippen molar-refractivity contribution in [2.45, 2.75) is 46.1 Å². The van der Waals surface area contributed by atoms with Crippen LogP contribution in [0.3, 0.4) is 0 Å². The van der Waals surface area contributed by atoms with E-state index < -0.39 is 38.0 Å². The first-order chi connectivity index (χ1) is 17.4. The summed E-state index contributed by atoms with van der Waals surface area (Å²) in [5, 5.41) is 12.5. The van der Waals surface area contributed by atoms with E-state index in [1.807, 2.05) is 36.4 Å². The van der Waals surface area contributed by atoms with Gasteiger partial charge in [0.2, 0.25) is 0 Å². The minimum atomic E-state index is -5.35. The molecule has 194 valence electrons. The number of benzene rings is 3. The molecule has 37 heavy (non-hydrogen) atoms. The summed E-state index contributed by atoms with van der Waals surface area (Å²) in [4.78, 5) is 26.0. The van der Waals surface area contributed by atoms with Gasteiger partial charge in [0.15, 0.2) is 0 Å². The summed E-state index contributed by atoms with van der Waals surface area (Å²) >= 11 is -5.35. The monoisotopic (exact) mass is 568 g/mol. The molecule has 3 aromatic rings. The summed E-state index contributed by atoms with van der Waals surface area (Å²) in [5.41, 5.74) is 2.34. The first-order valence-corrected chi connectivity index (χ1v) is 15.0. The SMILES string of the molecule is CC(=O)Nc1cc([As](=O)(O)OC2c3cccc(-c4ccccc4)c3CN2C(=O)OC(C)(C)C)ccc1O. The molecule has 0 radical (unpaired) electrons. The van der Waals surface area contributed by atoms with Crippen LogP contribution < -0.4 is 9.67 Å². The number of aromatic hydroxyl groups is 1.